The zero-order valence-corrected chi connectivity index (χ0v) is 26.7. The minimum atomic E-state index is 0.723. The third kappa shape index (κ3) is 4.20. The predicted octanol–water partition coefficient (Wildman–Crippen LogP) is 12.1. The Labute approximate surface area is 281 Å². The Hall–Kier alpha value is -6.10. The molecule has 0 aliphatic heterocycles. The van der Waals surface area contributed by atoms with E-state index in [1.807, 2.05) is 23.5 Å². The quantitative estimate of drug-likeness (QED) is 0.194. The molecule has 0 bridgehead atoms. The van der Waals surface area contributed by atoms with Gasteiger partial charge in [0.15, 0.2) is 5.82 Å². The van der Waals surface area contributed by atoms with Crippen LogP contribution in [0.4, 0.5) is 0 Å². The first kappa shape index (κ1) is 27.1. The second-order valence-electron chi connectivity index (χ2n) is 12.2. The van der Waals surface area contributed by atoms with Crippen LogP contribution in [0.5, 0.6) is 0 Å². The summed E-state index contributed by atoms with van der Waals surface area (Å²) in [7, 11) is 0. The van der Waals surface area contributed by atoms with Gasteiger partial charge in [0, 0.05) is 48.4 Å². The minimum absolute atomic E-state index is 0.723. The molecule has 0 aliphatic rings. The summed E-state index contributed by atoms with van der Waals surface area (Å²) in [6.45, 7) is 0. The first-order valence-electron chi connectivity index (χ1n) is 16.2. The highest BCUT2D eigenvalue weighted by atomic mass is 32.1. The molecule has 0 atom stereocenters. The highest BCUT2D eigenvalue weighted by Crippen LogP contribution is 2.44. The fourth-order valence-electron chi connectivity index (χ4n) is 7.14. The summed E-state index contributed by atoms with van der Waals surface area (Å²) in [6, 6.07) is 58.3. The number of benzene rings is 7. The summed E-state index contributed by atoms with van der Waals surface area (Å²) in [4.78, 5) is 10.1. The van der Waals surface area contributed by atoms with Crippen LogP contribution in [0.25, 0.3) is 92.3 Å². The lowest BCUT2D eigenvalue weighted by Crippen LogP contribution is -1.97. The molecule has 0 spiro atoms. The van der Waals surface area contributed by atoms with E-state index in [0.717, 1.165) is 39.2 Å². The molecule has 10 aromatic rings. The number of nitrogens with zero attached hydrogens (tertiary/aromatic N) is 3. The molecular weight excluding hydrogens is 603 g/mol. The van der Waals surface area contributed by atoms with Crippen LogP contribution in [0.2, 0.25) is 0 Å². The summed E-state index contributed by atoms with van der Waals surface area (Å²) in [6.07, 6.45) is 0. The topological polar surface area (TPSA) is 30.7 Å². The fraction of sp³-hybridized carbons (Fsp3) is 0. The molecule has 48 heavy (non-hydrogen) atoms. The van der Waals surface area contributed by atoms with Gasteiger partial charge in [-0.15, -0.1) is 11.3 Å². The van der Waals surface area contributed by atoms with Crippen molar-refractivity contribution < 1.29 is 0 Å². The van der Waals surface area contributed by atoms with Gasteiger partial charge in [-0.1, -0.05) is 115 Å². The lowest BCUT2D eigenvalue weighted by atomic mass is 10.0. The summed E-state index contributed by atoms with van der Waals surface area (Å²) in [5.41, 5.74) is 9.95. The van der Waals surface area contributed by atoms with Crippen molar-refractivity contribution >= 4 is 64.2 Å². The summed E-state index contributed by atoms with van der Waals surface area (Å²) in [5, 5.41) is 6.16. The first-order chi connectivity index (χ1) is 23.8. The van der Waals surface area contributed by atoms with Crippen molar-refractivity contribution in [3.05, 3.63) is 164 Å². The largest absolute Gasteiger partial charge is 0.308 e. The molecule has 0 saturated carbocycles. The van der Waals surface area contributed by atoms with E-state index in [-0.39, 0.29) is 0 Å². The molecule has 3 heterocycles. The minimum Gasteiger partial charge on any atom is -0.308 e. The van der Waals surface area contributed by atoms with Crippen LogP contribution in [0.15, 0.2) is 164 Å². The van der Waals surface area contributed by atoms with E-state index >= 15 is 0 Å². The van der Waals surface area contributed by atoms with Crippen molar-refractivity contribution in [2.24, 2.45) is 0 Å². The van der Waals surface area contributed by atoms with Gasteiger partial charge in [-0.25, -0.2) is 9.97 Å². The predicted molar refractivity (Wildman–Crippen MR) is 203 cm³/mol. The average molecular weight is 630 g/mol. The van der Waals surface area contributed by atoms with Crippen molar-refractivity contribution in [2.45, 2.75) is 0 Å². The van der Waals surface area contributed by atoms with Crippen LogP contribution in [-0.4, -0.2) is 14.5 Å². The van der Waals surface area contributed by atoms with Gasteiger partial charge in [0.05, 0.1) is 26.9 Å². The van der Waals surface area contributed by atoms with Gasteiger partial charge >= 0.3 is 0 Å². The van der Waals surface area contributed by atoms with Crippen molar-refractivity contribution in [1.29, 1.82) is 0 Å². The van der Waals surface area contributed by atoms with Crippen molar-refractivity contribution in [2.75, 3.05) is 0 Å². The third-order valence-electron chi connectivity index (χ3n) is 9.41. The van der Waals surface area contributed by atoms with Gasteiger partial charge in [-0.3, -0.25) is 0 Å². The fourth-order valence-corrected chi connectivity index (χ4v) is 8.38. The molecule has 7 aromatic carbocycles. The molecule has 224 valence electrons. The number of hydrogen-bond acceptors (Lipinski definition) is 3. The van der Waals surface area contributed by atoms with Crippen molar-refractivity contribution in [1.82, 2.24) is 14.5 Å². The zero-order chi connectivity index (χ0) is 31.6. The van der Waals surface area contributed by atoms with Crippen LogP contribution in [0.3, 0.4) is 0 Å². The molecule has 0 N–H and O–H groups in total. The number of thiophene rings is 1. The van der Waals surface area contributed by atoms with Crippen LogP contribution < -0.4 is 0 Å². The van der Waals surface area contributed by atoms with Crippen LogP contribution >= 0.6 is 11.3 Å². The van der Waals surface area contributed by atoms with Gasteiger partial charge in [0.2, 0.25) is 0 Å². The zero-order valence-electron chi connectivity index (χ0n) is 25.8. The van der Waals surface area contributed by atoms with E-state index in [9.17, 15) is 0 Å². The molecule has 0 fully saturated rings. The average Bonchev–Trinajstić information content (AvgIpc) is 3.71. The Morgan fingerprint density at radius 2 is 1.10 bits per heavy atom. The molecule has 0 amide bonds. The maximum absolute atomic E-state index is 5.12. The third-order valence-corrected chi connectivity index (χ3v) is 10.6. The number of fused-ring (bicyclic) bond motifs is 8. The normalized spacial score (nSPS) is 11.8. The van der Waals surface area contributed by atoms with E-state index in [2.05, 4.69) is 156 Å². The number of aromatic nitrogens is 3. The molecule has 0 radical (unpaired) electrons. The lowest BCUT2D eigenvalue weighted by Gasteiger charge is -2.12. The Bertz CT molecular complexity index is 2810. The molecule has 0 unspecified atom stereocenters. The summed E-state index contributed by atoms with van der Waals surface area (Å²) < 4.78 is 5.05. The summed E-state index contributed by atoms with van der Waals surface area (Å²) >= 11 is 1.88. The van der Waals surface area contributed by atoms with Crippen LogP contribution in [0.1, 0.15) is 0 Å². The second-order valence-corrected chi connectivity index (χ2v) is 13.2. The Balaban J connectivity index is 1.19. The maximum Gasteiger partial charge on any atom is 0.160 e. The van der Waals surface area contributed by atoms with Gasteiger partial charge < -0.3 is 4.57 Å². The molecular formula is C44H27N3S. The number of rotatable bonds is 4. The van der Waals surface area contributed by atoms with E-state index in [0.29, 0.717) is 0 Å². The van der Waals surface area contributed by atoms with Crippen molar-refractivity contribution in [3.8, 4) is 39.5 Å². The maximum atomic E-state index is 5.12. The number of hydrogen-bond donors (Lipinski definition) is 0. The molecule has 3 aromatic heterocycles. The van der Waals surface area contributed by atoms with Gasteiger partial charge in [0.1, 0.15) is 0 Å². The Morgan fingerprint density at radius 1 is 0.438 bits per heavy atom. The Morgan fingerprint density at radius 3 is 1.92 bits per heavy atom. The molecule has 4 heteroatoms. The molecule has 0 saturated heterocycles. The van der Waals surface area contributed by atoms with Crippen molar-refractivity contribution in [3.63, 3.8) is 0 Å². The van der Waals surface area contributed by atoms with Crippen LogP contribution in [-0.2, 0) is 0 Å². The number of para-hydroxylation sites is 1. The van der Waals surface area contributed by atoms with E-state index in [1.165, 1.54) is 53.1 Å². The Kier molecular flexibility index (Phi) is 6.05. The SMILES string of the molecule is c1ccc(-c2ccc3c(c2)c2ccc4c5ccccc5sc4c2n3-c2ccc(-c3nc(-c4ccccc4)c4ccccc4n3)cc2)cc1. The lowest BCUT2D eigenvalue weighted by molar-refractivity contribution is 1.18. The van der Waals surface area contributed by atoms with Gasteiger partial charge in [-0.05, 0) is 59.7 Å². The first-order valence-corrected chi connectivity index (χ1v) is 17.0. The second kappa shape index (κ2) is 10.7. The molecule has 0 aliphatic carbocycles. The van der Waals surface area contributed by atoms with E-state index in [1.54, 1.807) is 0 Å². The van der Waals surface area contributed by atoms with E-state index in [4.69, 9.17) is 9.97 Å². The molecule has 10 rings (SSSR count). The highest BCUT2D eigenvalue weighted by molar-refractivity contribution is 7.26. The van der Waals surface area contributed by atoms with Gasteiger partial charge in [0.25, 0.3) is 0 Å². The van der Waals surface area contributed by atoms with Crippen LogP contribution in [0, 0.1) is 0 Å². The monoisotopic (exact) mass is 629 g/mol. The standard InChI is InChI=1S/C44H27N3S/c1-3-11-28(12-4-1)31-21-26-39-37(27-31)34-24-25-35-33-15-8-10-18-40(33)48-43(35)42(34)47(39)32-22-19-30(20-23-32)44-45-38-17-9-7-16-36(38)41(46-44)29-13-5-2-6-14-29/h1-27H. The highest BCUT2D eigenvalue weighted by Gasteiger charge is 2.19. The van der Waals surface area contributed by atoms with E-state index < -0.39 is 0 Å². The summed E-state index contributed by atoms with van der Waals surface area (Å²) in [5.74, 6) is 0.723. The van der Waals surface area contributed by atoms with Gasteiger partial charge in [-0.2, -0.15) is 0 Å². The smallest absolute Gasteiger partial charge is 0.160 e. The molecule has 3 nitrogen and oxygen atoms in total.